The Morgan fingerprint density at radius 3 is 1.83 bits per heavy atom. The van der Waals surface area contributed by atoms with E-state index in [0.29, 0.717) is 11.3 Å². The number of halogens is 5. The van der Waals surface area contributed by atoms with Crippen LogP contribution in [0.3, 0.4) is 0 Å². The van der Waals surface area contributed by atoms with Crippen molar-refractivity contribution in [1.29, 1.82) is 0 Å². The van der Waals surface area contributed by atoms with E-state index in [1.54, 1.807) is 25.9 Å². The van der Waals surface area contributed by atoms with E-state index in [1.807, 2.05) is 0 Å². The molecule has 0 atom stereocenters. The lowest BCUT2D eigenvalue weighted by Gasteiger charge is -2.28. The molecule has 0 N–H and O–H groups in total. The molecule has 1 amide bonds. The molecule has 0 aromatic heterocycles. The van der Waals surface area contributed by atoms with Gasteiger partial charge in [-0.25, -0.2) is 0 Å². The predicted molar refractivity (Wildman–Crippen MR) is 56.4 cm³/mol. The number of rotatable bonds is 6. The Labute approximate surface area is 103 Å². The van der Waals surface area contributed by atoms with Crippen molar-refractivity contribution in [1.82, 2.24) is 9.80 Å². The fraction of sp³-hybridized carbons (Fsp3) is 0.900. The predicted octanol–water partition coefficient (Wildman–Crippen LogP) is 1.98. The minimum atomic E-state index is -5.85. The average Bonchev–Trinajstić information content (AvgIpc) is 2.21. The van der Waals surface area contributed by atoms with Gasteiger partial charge in [0.2, 0.25) is 0 Å². The summed E-state index contributed by atoms with van der Waals surface area (Å²) in [4.78, 5) is 13.4. The highest BCUT2D eigenvalue weighted by molar-refractivity contribution is 5.84. The molecular formula is C10H17F5N2O. The molecule has 0 saturated carbocycles. The Morgan fingerprint density at radius 2 is 1.50 bits per heavy atom. The van der Waals surface area contributed by atoms with E-state index in [-0.39, 0.29) is 19.6 Å². The Hall–Kier alpha value is -0.920. The van der Waals surface area contributed by atoms with Crippen LogP contribution in [0.4, 0.5) is 22.0 Å². The molecule has 18 heavy (non-hydrogen) atoms. The summed E-state index contributed by atoms with van der Waals surface area (Å²) < 4.78 is 62.0. The van der Waals surface area contributed by atoms with Crippen LogP contribution in [0.15, 0.2) is 0 Å². The van der Waals surface area contributed by atoms with Crippen LogP contribution in [0, 0.1) is 0 Å². The van der Waals surface area contributed by atoms with Gasteiger partial charge in [-0.15, -0.1) is 0 Å². The second kappa shape index (κ2) is 6.31. The lowest BCUT2D eigenvalue weighted by atomic mass is 10.2. The van der Waals surface area contributed by atoms with Crippen molar-refractivity contribution < 1.29 is 26.7 Å². The molecule has 0 bridgehead atoms. The molecule has 0 aliphatic heterocycles. The summed E-state index contributed by atoms with van der Waals surface area (Å²) >= 11 is 0. The highest BCUT2D eigenvalue weighted by Crippen LogP contribution is 2.36. The molecule has 0 saturated heterocycles. The van der Waals surface area contributed by atoms with E-state index in [4.69, 9.17) is 0 Å². The monoisotopic (exact) mass is 276 g/mol. The van der Waals surface area contributed by atoms with Gasteiger partial charge in [0.25, 0.3) is 0 Å². The van der Waals surface area contributed by atoms with Crippen molar-refractivity contribution in [3.63, 3.8) is 0 Å². The molecule has 0 aromatic carbocycles. The van der Waals surface area contributed by atoms with Gasteiger partial charge < -0.3 is 9.80 Å². The van der Waals surface area contributed by atoms with E-state index in [1.165, 1.54) is 0 Å². The van der Waals surface area contributed by atoms with E-state index in [9.17, 15) is 26.7 Å². The van der Waals surface area contributed by atoms with Gasteiger partial charge in [-0.3, -0.25) is 4.79 Å². The second-order valence-corrected chi connectivity index (χ2v) is 4.17. The lowest BCUT2D eigenvalue weighted by Crippen LogP contribution is -2.53. The van der Waals surface area contributed by atoms with Crippen molar-refractivity contribution in [2.45, 2.75) is 25.4 Å². The summed E-state index contributed by atoms with van der Waals surface area (Å²) in [6.45, 7) is 1.53. The average molecular weight is 276 g/mol. The van der Waals surface area contributed by atoms with E-state index in [0.717, 1.165) is 0 Å². The first kappa shape index (κ1) is 17.1. The highest BCUT2D eigenvalue weighted by atomic mass is 19.4. The summed E-state index contributed by atoms with van der Waals surface area (Å²) in [6.07, 6.45) is -5.54. The topological polar surface area (TPSA) is 23.6 Å². The quantitative estimate of drug-likeness (QED) is 0.693. The van der Waals surface area contributed by atoms with Crippen LogP contribution in [0.5, 0.6) is 0 Å². The number of alkyl halides is 5. The van der Waals surface area contributed by atoms with Gasteiger partial charge in [0.1, 0.15) is 0 Å². The molecule has 0 unspecified atom stereocenters. The maximum absolute atomic E-state index is 12.9. The van der Waals surface area contributed by atoms with Gasteiger partial charge >= 0.3 is 18.0 Å². The van der Waals surface area contributed by atoms with Gasteiger partial charge in [0, 0.05) is 19.6 Å². The third kappa shape index (κ3) is 4.40. The molecule has 0 aliphatic carbocycles. The van der Waals surface area contributed by atoms with Gasteiger partial charge in [0.15, 0.2) is 0 Å². The molecule has 0 heterocycles. The summed E-state index contributed by atoms with van der Waals surface area (Å²) in [5, 5.41) is 0. The molecule has 8 heteroatoms. The van der Waals surface area contributed by atoms with Crippen molar-refractivity contribution in [2.75, 3.05) is 33.7 Å². The van der Waals surface area contributed by atoms with Crippen molar-refractivity contribution in [3.05, 3.63) is 0 Å². The Balaban J connectivity index is 4.85. The Kier molecular flexibility index (Phi) is 5.98. The number of likely N-dealkylation sites (N-methyl/N-ethyl adjacent to an activating group) is 1. The normalized spacial score (nSPS) is 12.9. The third-order valence-corrected chi connectivity index (χ3v) is 2.22. The van der Waals surface area contributed by atoms with E-state index in [2.05, 4.69) is 0 Å². The summed E-state index contributed by atoms with van der Waals surface area (Å²) in [5.41, 5.74) is 0. The van der Waals surface area contributed by atoms with Crippen LogP contribution >= 0.6 is 0 Å². The summed E-state index contributed by atoms with van der Waals surface area (Å²) in [5.74, 6) is -7.51. The Bertz CT molecular complexity index is 278. The molecule has 0 aromatic rings. The van der Waals surface area contributed by atoms with Gasteiger partial charge in [0.05, 0.1) is 0 Å². The molecule has 0 radical (unpaired) electrons. The van der Waals surface area contributed by atoms with Crippen molar-refractivity contribution >= 4 is 5.91 Å². The Morgan fingerprint density at radius 1 is 1.00 bits per heavy atom. The lowest BCUT2D eigenvalue weighted by molar-refractivity contribution is -0.274. The fourth-order valence-electron chi connectivity index (χ4n) is 1.23. The number of carbonyl (C=O) groups excluding carboxylic acids is 1. The number of amides is 1. The zero-order chi connectivity index (χ0) is 14.6. The van der Waals surface area contributed by atoms with Crippen LogP contribution < -0.4 is 0 Å². The van der Waals surface area contributed by atoms with E-state index < -0.39 is 18.0 Å². The minimum Gasteiger partial charge on any atom is -0.336 e. The number of nitrogens with zero attached hydrogens (tertiary/aromatic N) is 2. The minimum absolute atomic E-state index is 0.127. The summed E-state index contributed by atoms with van der Waals surface area (Å²) in [7, 11) is 3.27. The standard InChI is InChI=1S/C10H17F5N2O/c1-4-5-17(7-6-16(2)3)8(18)9(11,12)10(13,14)15/h4-7H2,1-3H3. The first-order valence-corrected chi connectivity index (χ1v) is 5.42. The van der Waals surface area contributed by atoms with E-state index >= 15 is 0 Å². The third-order valence-electron chi connectivity index (χ3n) is 2.22. The second-order valence-electron chi connectivity index (χ2n) is 4.17. The van der Waals surface area contributed by atoms with Crippen molar-refractivity contribution in [2.24, 2.45) is 0 Å². The van der Waals surface area contributed by atoms with Gasteiger partial charge in [-0.05, 0) is 20.5 Å². The highest BCUT2D eigenvalue weighted by Gasteiger charge is 2.64. The van der Waals surface area contributed by atoms with Crippen molar-refractivity contribution in [3.8, 4) is 0 Å². The number of hydrogen-bond donors (Lipinski definition) is 0. The van der Waals surface area contributed by atoms with Crippen LogP contribution in [-0.2, 0) is 4.79 Å². The van der Waals surface area contributed by atoms with Crippen LogP contribution in [0.1, 0.15) is 13.3 Å². The SMILES string of the molecule is CCCN(CCN(C)C)C(=O)C(F)(F)C(F)(F)F. The number of carbonyl (C=O) groups is 1. The summed E-state index contributed by atoms with van der Waals surface area (Å²) in [6, 6.07) is 0. The van der Waals surface area contributed by atoms with Crippen LogP contribution in [0.25, 0.3) is 0 Å². The zero-order valence-electron chi connectivity index (χ0n) is 10.5. The van der Waals surface area contributed by atoms with Gasteiger partial charge in [-0.2, -0.15) is 22.0 Å². The molecule has 3 nitrogen and oxygen atoms in total. The molecule has 108 valence electrons. The first-order valence-electron chi connectivity index (χ1n) is 5.42. The molecule has 0 spiro atoms. The maximum Gasteiger partial charge on any atom is 0.463 e. The van der Waals surface area contributed by atoms with Crippen LogP contribution in [-0.4, -0.2) is 61.5 Å². The number of hydrogen-bond acceptors (Lipinski definition) is 2. The molecule has 0 rings (SSSR count). The maximum atomic E-state index is 12.9. The molecule has 0 fully saturated rings. The molecular weight excluding hydrogens is 259 g/mol. The zero-order valence-corrected chi connectivity index (χ0v) is 10.5. The van der Waals surface area contributed by atoms with Gasteiger partial charge in [-0.1, -0.05) is 6.92 Å². The molecule has 0 aliphatic rings. The first-order chi connectivity index (χ1) is 8.04. The fourth-order valence-corrected chi connectivity index (χ4v) is 1.23. The smallest absolute Gasteiger partial charge is 0.336 e. The largest absolute Gasteiger partial charge is 0.463 e. The van der Waals surface area contributed by atoms with Crippen LogP contribution in [0.2, 0.25) is 0 Å².